The fourth-order valence-corrected chi connectivity index (χ4v) is 2.18. The topological polar surface area (TPSA) is 27.3 Å². The van der Waals surface area contributed by atoms with Crippen LogP contribution < -0.4 is 10.6 Å². The van der Waals surface area contributed by atoms with E-state index >= 15 is 0 Å². The normalized spacial score (nSPS) is 31.8. The number of rotatable bonds is 0. The van der Waals surface area contributed by atoms with E-state index in [2.05, 4.69) is 59.0 Å². The second kappa shape index (κ2) is 4.91. The zero-order chi connectivity index (χ0) is 9.90. The summed E-state index contributed by atoms with van der Waals surface area (Å²) >= 11 is 2.49. The third kappa shape index (κ3) is 3.04. The Bertz CT molecular complexity index is 145. The lowest BCUT2D eigenvalue weighted by atomic mass is 10.0. The molecule has 0 aliphatic carbocycles. The predicted octanol–water partition coefficient (Wildman–Crippen LogP) is 0.651. The lowest BCUT2D eigenvalue weighted by Crippen LogP contribution is -2.53. The molecule has 1 saturated heterocycles. The van der Waals surface area contributed by atoms with E-state index in [1.807, 2.05) is 0 Å². The highest BCUT2D eigenvalue weighted by Crippen LogP contribution is 2.21. The summed E-state index contributed by atoms with van der Waals surface area (Å²) in [6, 6.07) is 0. The average molecular weight is 297 g/mol. The van der Waals surface area contributed by atoms with Gasteiger partial charge in [-0.3, -0.25) is 4.90 Å². The molecule has 1 atom stereocenters. The van der Waals surface area contributed by atoms with E-state index in [0.717, 1.165) is 26.2 Å². The van der Waals surface area contributed by atoms with Crippen molar-refractivity contribution in [2.75, 3.05) is 33.2 Å². The van der Waals surface area contributed by atoms with E-state index in [-0.39, 0.29) is 5.54 Å². The van der Waals surface area contributed by atoms with Crippen molar-refractivity contribution in [2.45, 2.75) is 23.4 Å². The molecule has 0 saturated carbocycles. The first-order chi connectivity index (χ1) is 6.05. The summed E-state index contributed by atoms with van der Waals surface area (Å²) < 4.78 is 0.509. The van der Waals surface area contributed by atoms with E-state index in [1.54, 1.807) is 0 Å². The summed E-state index contributed by atoms with van der Waals surface area (Å²) in [6.07, 6.45) is 0. The SMILES string of the molecule is CN1CCNCCNC(I)C1(C)C. The summed E-state index contributed by atoms with van der Waals surface area (Å²) in [5, 5.41) is 6.94. The van der Waals surface area contributed by atoms with Crippen molar-refractivity contribution < 1.29 is 0 Å². The van der Waals surface area contributed by atoms with E-state index in [9.17, 15) is 0 Å². The van der Waals surface area contributed by atoms with Gasteiger partial charge in [-0.05, 0) is 20.9 Å². The molecule has 1 unspecified atom stereocenters. The first-order valence-corrected chi connectivity index (χ1v) is 6.09. The summed E-state index contributed by atoms with van der Waals surface area (Å²) in [6.45, 7) is 8.93. The molecular weight excluding hydrogens is 277 g/mol. The highest BCUT2D eigenvalue weighted by Gasteiger charge is 2.31. The Labute approximate surface area is 94.8 Å². The predicted molar refractivity (Wildman–Crippen MR) is 65.4 cm³/mol. The molecule has 78 valence electrons. The standard InChI is InChI=1S/C9H20IN3/c1-9(2)8(10)12-5-4-11-6-7-13(9)3/h8,11-12H,4-7H2,1-3H3. The molecule has 1 aliphatic rings. The first-order valence-electron chi connectivity index (χ1n) is 4.84. The number of hydrogen-bond acceptors (Lipinski definition) is 3. The fourth-order valence-electron chi connectivity index (χ4n) is 1.39. The third-order valence-corrected chi connectivity index (χ3v) is 4.82. The average Bonchev–Trinajstić information content (AvgIpc) is 2.12. The van der Waals surface area contributed by atoms with Crippen LogP contribution in [0.3, 0.4) is 0 Å². The van der Waals surface area contributed by atoms with Gasteiger partial charge in [0, 0.05) is 31.7 Å². The van der Waals surface area contributed by atoms with Gasteiger partial charge in [0.1, 0.15) is 0 Å². The van der Waals surface area contributed by atoms with Crippen LogP contribution in [0.25, 0.3) is 0 Å². The Morgan fingerprint density at radius 1 is 1.31 bits per heavy atom. The van der Waals surface area contributed by atoms with E-state index in [1.165, 1.54) is 0 Å². The largest absolute Gasteiger partial charge is 0.314 e. The van der Waals surface area contributed by atoms with Gasteiger partial charge in [0.2, 0.25) is 0 Å². The van der Waals surface area contributed by atoms with Crippen molar-refractivity contribution in [1.29, 1.82) is 0 Å². The van der Waals surface area contributed by atoms with Crippen molar-refractivity contribution in [3.05, 3.63) is 0 Å². The lowest BCUT2D eigenvalue weighted by molar-refractivity contribution is 0.153. The van der Waals surface area contributed by atoms with Crippen LogP contribution in [0.5, 0.6) is 0 Å². The minimum Gasteiger partial charge on any atom is -0.314 e. The van der Waals surface area contributed by atoms with Crippen LogP contribution in [-0.2, 0) is 0 Å². The molecule has 3 nitrogen and oxygen atoms in total. The van der Waals surface area contributed by atoms with Crippen molar-refractivity contribution in [3.8, 4) is 0 Å². The minimum atomic E-state index is 0.229. The molecule has 1 fully saturated rings. The van der Waals surface area contributed by atoms with Crippen molar-refractivity contribution in [3.63, 3.8) is 0 Å². The van der Waals surface area contributed by atoms with Crippen LogP contribution in [0.1, 0.15) is 13.8 Å². The zero-order valence-electron chi connectivity index (χ0n) is 8.73. The number of nitrogens with one attached hydrogen (secondary N) is 2. The van der Waals surface area contributed by atoms with Crippen molar-refractivity contribution >= 4 is 22.6 Å². The quantitative estimate of drug-likeness (QED) is 0.391. The third-order valence-electron chi connectivity index (χ3n) is 2.85. The number of halogens is 1. The molecule has 0 aromatic heterocycles. The summed E-state index contributed by atoms with van der Waals surface area (Å²) in [7, 11) is 2.19. The minimum absolute atomic E-state index is 0.229. The van der Waals surface area contributed by atoms with Crippen LogP contribution in [-0.4, -0.2) is 47.7 Å². The number of nitrogens with zero attached hydrogens (tertiary/aromatic N) is 1. The molecule has 0 aromatic carbocycles. The summed E-state index contributed by atoms with van der Waals surface area (Å²) in [5.41, 5.74) is 0.229. The molecule has 0 spiro atoms. The molecule has 0 bridgehead atoms. The second-order valence-corrected chi connectivity index (χ2v) is 5.39. The molecular formula is C9H20IN3. The van der Waals surface area contributed by atoms with Gasteiger partial charge in [-0.15, -0.1) is 0 Å². The van der Waals surface area contributed by atoms with Gasteiger partial charge < -0.3 is 10.6 Å². The highest BCUT2D eigenvalue weighted by molar-refractivity contribution is 14.1. The van der Waals surface area contributed by atoms with Gasteiger partial charge in [0.15, 0.2) is 0 Å². The molecule has 2 N–H and O–H groups in total. The van der Waals surface area contributed by atoms with E-state index in [4.69, 9.17) is 0 Å². The lowest BCUT2D eigenvalue weighted by Gasteiger charge is -2.39. The molecule has 1 heterocycles. The fraction of sp³-hybridized carbons (Fsp3) is 1.00. The Balaban J connectivity index is 2.63. The van der Waals surface area contributed by atoms with Gasteiger partial charge >= 0.3 is 0 Å². The van der Waals surface area contributed by atoms with E-state index < -0.39 is 0 Å². The number of likely N-dealkylation sites (N-methyl/N-ethyl adjacent to an activating group) is 1. The Hall–Kier alpha value is 0.610. The van der Waals surface area contributed by atoms with Crippen LogP contribution in [0.15, 0.2) is 0 Å². The second-order valence-electron chi connectivity index (χ2n) is 4.14. The van der Waals surface area contributed by atoms with Gasteiger partial charge in [-0.1, -0.05) is 22.6 Å². The Morgan fingerprint density at radius 3 is 2.69 bits per heavy atom. The number of hydrogen-bond donors (Lipinski definition) is 2. The van der Waals surface area contributed by atoms with Gasteiger partial charge in [0.25, 0.3) is 0 Å². The Morgan fingerprint density at radius 2 is 2.00 bits per heavy atom. The zero-order valence-corrected chi connectivity index (χ0v) is 10.9. The van der Waals surface area contributed by atoms with Crippen molar-refractivity contribution in [1.82, 2.24) is 15.5 Å². The van der Waals surface area contributed by atoms with E-state index in [0.29, 0.717) is 4.05 Å². The van der Waals surface area contributed by atoms with Gasteiger partial charge in [-0.25, -0.2) is 0 Å². The smallest absolute Gasteiger partial charge is 0.0775 e. The Kier molecular flexibility index (Phi) is 4.41. The van der Waals surface area contributed by atoms with Gasteiger partial charge in [-0.2, -0.15) is 0 Å². The molecule has 0 aromatic rings. The molecule has 4 heteroatoms. The van der Waals surface area contributed by atoms with Crippen LogP contribution in [0.2, 0.25) is 0 Å². The maximum Gasteiger partial charge on any atom is 0.0775 e. The summed E-state index contributed by atoms with van der Waals surface area (Å²) in [5.74, 6) is 0. The highest BCUT2D eigenvalue weighted by atomic mass is 127. The molecule has 13 heavy (non-hydrogen) atoms. The summed E-state index contributed by atoms with van der Waals surface area (Å²) in [4.78, 5) is 2.41. The number of alkyl halides is 1. The monoisotopic (exact) mass is 297 g/mol. The first kappa shape index (κ1) is 11.7. The molecule has 0 amide bonds. The molecule has 1 rings (SSSR count). The van der Waals surface area contributed by atoms with Crippen LogP contribution >= 0.6 is 22.6 Å². The molecule has 1 aliphatic heterocycles. The van der Waals surface area contributed by atoms with Crippen LogP contribution in [0.4, 0.5) is 0 Å². The van der Waals surface area contributed by atoms with Crippen LogP contribution in [0, 0.1) is 0 Å². The molecule has 0 radical (unpaired) electrons. The maximum absolute atomic E-state index is 3.53. The van der Waals surface area contributed by atoms with Gasteiger partial charge in [0.05, 0.1) is 4.05 Å². The maximum atomic E-state index is 3.53. The van der Waals surface area contributed by atoms with Crippen molar-refractivity contribution in [2.24, 2.45) is 0 Å².